The van der Waals surface area contributed by atoms with Crippen molar-refractivity contribution in [3.05, 3.63) is 39.5 Å². The highest BCUT2D eigenvalue weighted by atomic mass is 35.5. The molecule has 0 aliphatic carbocycles. The molecule has 0 atom stereocenters. The molecule has 0 aromatic heterocycles. The van der Waals surface area contributed by atoms with Crippen LogP contribution in [0.5, 0.6) is 0 Å². The van der Waals surface area contributed by atoms with E-state index in [1.807, 2.05) is 41.5 Å². The SMILES string of the molecule is CC(C)OCCC(=C(F)B1OC(C)(C)C(C)(C)O1)c1ccc(Cl)cc1Cl. The van der Waals surface area contributed by atoms with Gasteiger partial charge in [0.05, 0.1) is 23.9 Å². The average Bonchev–Trinajstić information content (AvgIpc) is 2.72. The average molecular weight is 403 g/mol. The van der Waals surface area contributed by atoms with E-state index in [4.69, 9.17) is 37.2 Å². The topological polar surface area (TPSA) is 27.7 Å². The van der Waals surface area contributed by atoms with Crippen LogP contribution in [-0.4, -0.2) is 31.0 Å². The molecule has 0 N–H and O–H groups in total. The van der Waals surface area contributed by atoms with Crippen molar-refractivity contribution in [2.45, 2.75) is 65.3 Å². The molecule has 1 saturated heterocycles. The maximum atomic E-state index is 15.4. The van der Waals surface area contributed by atoms with Crippen molar-refractivity contribution in [1.29, 1.82) is 0 Å². The highest BCUT2D eigenvalue weighted by molar-refractivity contribution is 6.55. The van der Waals surface area contributed by atoms with Crippen LogP contribution in [0.1, 0.15) is 53.5 Å². The van der Waals surface area contributed by atoms with Gasteiger partial charge < -0.3 is 14.0 Å². The molecular formula is C19H26BCl2FO3. The molecule has 0 spiro atoms. The van der Waals surface area contributed by atoms with Gasteiger partial charge in [-0.15, -0.1) is 0 Å². The maximum Gasteiger partial charge on any atom is 0.525 e. The number of ether oxygens (including phenoxy) is 1. The van der Waals surface area contributed by atoms with Gasteiger partial charge in [0.1, 0.15) is 5.73 Å². The Balaban J connectivity index is 2.40. The van der Waals surface area contributed by atoms with E-state index < -0.39 is 24.0 Å². The van der Waals surface area contributed by atoms with Crippen LogP contribution in [0.25, 0.3) is 5.57 Å². The highest BCUT2D eigenvalue weighted by Gasteiger charge is 2.53. The lowest BCUT2D eigenvalue weighted by atomic mass is 9.82. The fraction of sp³-hybridized carbons (Fsp3) is 0.579. The monoisotopic (exact) mass is 402 g/mol. The van der Waals surface area contributed by atoms with Crippen LogP contribution in [0, 0.1) is 0 Å². The molecule has 0 bridgehead atoms. The van der Waals surface area contributed by atoms with E-state index >= 15 is 4.39 Å². The van der Waals surface area contributed by atoms with Gasteiger partial charge in [-0.2, -0.15) is 0 Å². The summed E-state index contributed by atoms with van der Waals surface area (Å²) in [4.78, 5) is 0. The number of hydrogen-bond acceptors (Lipinski definition) is 3. The minimum Gasteiger partial charge on any atom is -0.398 e. The second-order valence-electron chi connectivity index (χ2n) is 7.71. The van der Waals surface area contributed by atoms with E-state index in [-0.39, 0.29) is 6.10 Å². The molecule has 26 heavy (non-hydrogen) atoms. The van der Waals surface area contributed by atoms with Gasteiger partial charge in [0.15, 0.2) is 0 Å². The predicted octanol–water partition coefficient (Wildman–Crippen LogP) is 6.12. The minimum atomic E-state index is -1.08. The smallest absolute Gasteiger partial charge is 0.398 e. The van der Waals surface area contributed by atoms with Gasteiger partial charge in [0.25, 0.3) is 0 Å². The second-order valence-corrected chi connectivity index (χ2v) is 8.55. The molecule has 0 amide bonds. The molecule has 1 fully saturated rings. The number of halogens is 3. The Morgan fingerprint density at radius 1 is 1.15 bits per heavy atom. The molecule has 144 valence electrons. The third-order valence-electron chi connectivity index (χ3n) is 4.81. The maximum absolute atomic E-state index is 15.4. The van der Waals surface area contributed by atoms with E-state index in [1.165, 1.54) is 0 Å². The van der Waals surface area contributed by atoms with Crippen molar-refractivity contribution in [2.75, 3.05) is 6.61 Å². The summed E-state index contributed by atoms with van der Waals surface area (Å²) in [6, 6.07) is 4.99. The van der Waals surface area contributed by atoms with Gasteiger partial charge in [0, 0.05) is 10.0 Å². The first-order valence-corrected chi connectivity index (χ1v) is 9.51. The number of rotatable bonds is 6. The zero-order valence-electron chi connectivity index (χ0n) is 16.2. The molecule has 0 saturated carbocycles. The standard InChI is InChI=1S/C19H26BCl2FO3/c1-12(2)24-10-9-15(14-8-7-13(21)11-16(14)22)17(23)20-25-18(3,4)19(5,6)26-20/h7-8,11-12H,9-10H2,1-6H3. The molecule has 0 unspecified atom stereocenters. The van der Waals surface area contributed by atoms with Gasteiger partial charge in [0.2, 0.25) is 0 Å². The zero-order valence-corrected chi connectivity index (χ0v) is 17.7. The number of hydrogen-bond donors (Lipinski definition) is 0. The van der Waals surface area contributed by atoms with Crippen LogP contribution in [0.4, 0.5) is 4.39 Å². The van der Waals surface area contributed by atoms with Crippen LogP contribution in [0.3, 0.4) is 0 Å². The zero-order chi connectivity index (χ0) is 19.7. The van der Waals surface area contributed by atoms with Crippen molar-refractivity contribution in [1.82, 2.24) is 0 Å². The van der Waals surface area contributed by atoms with E-state index in [9.17, 15) is 0 Å². The van der Waals surface area contributed by atoms with Gasteiger partial charge in [-0.3, -0.25) is 0 Å². The lowest BCUT2D eigenvalue weighted by molar-refractivity contribution is 0.00578. The Morgan fingerprint density at radius 2 is 1.73 bits per heavy atom. The van der Waals surface area contributed by atoms with Crippen LogP contribution < -0.4 is 0 Å². The predicted molar refractivity (Wildman–Crippen MR) is 106 cm³/mol. The summed E-state index contributed by atoms with van der Waals surface area (Å²) in [5, 5.41) is 0.872. The van der Waals surface area contributed by atoms with E-state index in [2.05, 4.69) is 0 Å². The molecule has 1 aliphatic rings. The van der Waals surface area contributed by atoms with E-state index in [1.54, 1.807) is 18.2 Å². The fourth-order valence-electron chi connectivity index (χ4n) is 2.60. The van der Waals surface area contributed by atoms with Gasteiger partial charge in [-0.1, -0.05) is 29.3 Å². The van der Waals surface area contributed by atoms with Gasteiger partial charge >= 0.3 is 7.12 Å². The first-order valence-electron chi connectivity index (χ1n) is 8.76. The molecular weight excluding hydrogens is 377 g/mol. The minimum absolute atomic E-state index is 0.0526. The Hall–Kier alpha value is -0.585. The van der Waals surface area contributed by atoms with Crippen LogP contribution in [0.2, 0.25) is 10.0 Å². The van der Waals surface area contributed by atoms with Gasteiger partial charge in [-0.25, -0.2) is 4.39 Å². The third-order valence-corrected chi connectivity index (χ3v) is 5.36. The normalized spacial score (nSPS) is 19.8. The Bertz CT molecular complexity index is 673. The van der Waals surface area contributed by atoms with Crippen LogP contribution >= 0.6 is 23.2 Å². The van der Waals surface area contributed by atoms with Crippen molar-refractivity contribution in [2.24, 2.45) is 0 Å². The first kappa shape index (κ1) is 21.7. The Kier molecular flexibility index (Phi) is 6.84. The van der Waals surface area contributed by atoms with Crippen LogP contribution in [0.15, 0.2) is 23.9 Å². The summed E-state index contributed by atoms with van der Waals surface area (Å²) in [6.07, 6.45) is 0.395. The molecule has 1 heterocycles. The molecule has 3 nitrogen and oxygen atoms in total. The fourth-order valence-corrected chi connectivity index (χ4v) is 3.12. The van der Waals surface area contributed by atoms with Crippen molar-refractivity contribution in [3.8, 4) is 0 Å². The molecule has 1 aromatic carbocycles. The second kappa shape index (κ2) is 8.20. The van der Waals surface area contributed by atoms with E-state index in [0.717, 1.165) is 0 Å². The molecule has 2 rings (SSSR count). The number of benzene rings is 1. The molecule has 1 aliphatic heterocycles. The third kappa shape index (κ3) is 4.82. The molecule has 0 radical (unpaired) electrons. The summed E-state index contributed by atoms with van der Waals surface area (Å²) in [5.41, 5.74) is -0.766. The Morgan fingerprint density at radius 3 is 2.23 bits per heavy atom. The molecule has 1 aromatic rings. The quantitative estimate of drug-likeness (QED) is 0.536. The molecule has 7 heteroatoms. The summed E-state index contributed by atoms with van der Waals surface area (Å²) in [6.45, 7) is 11.8. The summed E-state index contributed by atoms with van der Waals surface area (Å²) >= 11 is 12.3. The summed E-state index contributed by atoms with van der Waals surface area (Å²) < 4.78 is 32.7. The highest BCUT2D eigenvalue weighted by Crippen LogP contribution is 2.41. The summed E-state index contributed by atoms with van der Waals surface area (Å²) in [5.74, 6) is 0. The summed E-state index contributed by atoms with van der Waals surface area (Å²) in [7, 11) is -1.08. The van der Waals surface area contributed by atoms with E-state index in [0.29, 0.717) is 34.2 Å². The largest absolute Gasteiger partial charge is 0.525 e. The van der Waals surface area contributed by atoms with Crippen molar-refractivity contribution < 1.29 is 18.4 Å². The first-order chi connectivity index (χ1) is 11.9. The van der Waals surface area contributed by atoms with Crippen LogP contribution in [-0.2, 0) is 14.0 Å². The van der Waals surface area contributed by atoms with Crippen molar-refractivity contribution in [3.63, 3.8) is 0 Å². The lowest BCUT2D eigenvalue weighted by Gasteiger charge is -2.32. The van der Waals surface area contributed by atoms with Gasteiger partial charge in [-0.05, 0) is 71.2 Å². The lowest BCUT2D eigenvalue weighted by Crippen LogP contribution is -2.41. The Labute approximate surface area is 165 Å². The van der Waals surface area contributed by atoms with Crippen molar-refractivity contribution >= 4 is 35.9 Å².